The number of hydrogen-bond acceptors (Lipinski definition) is 2. The number of unbranched alkanes of at least 4 members (excludes halogenated alkanes) is 9. The van der Waals surface area contributed by atoms with E-state index in [2.05, 4.69) is 0 Å². The molecule has 0 aromatic carbocycles. The Labute approximate surface area is 210 Å². The second kappa shape index (κ2) is 12.3. The lowest BCUT2D eigenvalue weighted by Gasteiger charge is -2.55. The average molecular weight is 483 g/mol. The summed E-state index contributed by atoms with van der Waals surface area (Å²) in [6.07, 6.45) is 14.4. The van der Waals surface area contributed by atoms with E-state index in [0.29, 0.717) is 13.2 Å². The minimum Gasteiger partial charge on any atom is -0.391 e. The number of fused-ring (bicyclic) bond motifs is 6. The topological polar surface area (TPSA) is 40.5 Å². The molecule has 4 bridgehead atoms. The van der Waals surface area contributed by atoms with Crippen molar-refractivity contribution in [2.24, 2.45) is 0 Å². The molecule has 0 saturated carbocycles. The summed E-state index contributed by atoms with van der Waals surface area (Å²) in [6, 6.07) is 0. The standard InChI is InChI=1S/C28H58N4O2/c33-27-25-31-19-13-29(14-20-31,15-21-31)11-9-7-5-3-1-2-4-6-8-10-12-30-16-22-32(23-17-30,24-18-30)26-28-34/h33-34H,1-28H2/q+4. The van der Waals surface area contributed by atoms with Gasteiger partial charge in [-0.25, -0.2) is 0 Å². The molecular weight excluding hydrogens is 424 g/mol. The second-order valence-corrected chi connectivity index (χ2v) is 12.9. The molecule has 198 valence electrons. The van der Waals surface area contributed by atoms with E-state index in [4.69, 9.17) is 0 Å². The van der Waals surface area contributed by atoms with Crippen LogP contribution >= 0.6 is 0 Å². The summed E-state index contributed by atoms with van der Waals surface area (Å²) in [5.74, 6) is 0. The SMILES string of the molecule is OCC[N+]12CC[N+](CCCCCCCCCCCC[N+]34CC[N+](CCO)(CC3)CC4)(CC1)CC2. The summed E-state index contributed by atoms with van der Waals surface area (Å²) in [7, 11) is 0. The highest BCUT2D eigenvalue weighted by atomic mass is 16.3. The quantitative estimate of drug-likeness (QED) is 0.246. The maximum Gasteiger partial charge on any atom is 0.129 e. The van der Waals surface area contributed by atoms with Gasteiger partial charge in [-0.3, -0.25) is 0 Å². The number of quaternary nitrogens is 4. The molecule has 6 aliphatic rings. The zero-order valence-corrected chi connectivity index (χ0v) is 22.5. The third kappa shape index (κ3) is 6.74. The van der Waals surface area contributed by atoms with Crippen LogP contribution in [-0.4, -0.2) is 146 Å². The van der Waals surface area contributed by atoms with Crippen molar-refractivity contribution in [1.82, 2.24) is 0 Å². The lowest BCUT2D eigenvalue weighted by Crippen LogP contribution is -2.75. The van der Waals surface area contributed by atoms with Crippen molar-refractivity contribution >= 4 is 0 Å². The van der Waals surface area contributed by atoms with Crippen molar-refractivity contribution in [3.63, 3.8) is 0 Å². The molecule has 6 aliphatic heterocycles. The molecule has 0 unspecified atom stereocenters. The molecular formula is C28H58N4O2+4. The molecule has 0 aromatic heterocycles. The minimum atomic E-state index is 0.368. The van der Waals surface area contributed by atoms with Gasteiger partial charge < -0.3 is 28.1 Å². The smallest absolute Gasteiger partial charge is 0.129 e. The van der Waals surface area contributed by atoms with Gasteiger partial charge in [-0.05, 0) is 25.7 Å². The van der Waals surface area contributed by atoms with E-state index in [1.54, 1.807) is 0 Å². The Balaban J connectivity index is 0.945. The van der Waals surface area contributed by atoms with Crippen LogP contribution in [0.2, 0.25) is 0 Å². The summed E-state index contributed by atoms with van der Waals surface area (Å²) < 4.78 is 5.21. The van der Waals surface area contributed by atoms with Crippen molar-refractivity contribution in [1.29, 1.82) is 0 Å². The van der Waals surface area contributed by atoms with E-state index in [1.807, 2.05) is 0 Å². The molecule has 0 radical (unpaired) electrons. The summed E-state index contributed by atoms with van der Waals surface area (Å²) >= 11 is 0. The van der Waals surface area contributed by atoms with Gasteiger partial charge in [0.05, 0.1) is 26.3 Å². The fraction of sp³-hybridized carbons (Fsp3) is 1.00. The van der Waals surface area contributed by atoms with Crippen LogP contribution in [0.15, 0.2) is 0 Å². The first kappa shape index (κ1) is 26.8. The predicted octanol–water partition coefficient (Wildman–Crippen LogP) is 2.19. The van der Waals surface area contributed by atoms with E-state index in [1.165, 1.54) is 174 Å². The van der Waals surface area contributed by atoms with Crippen LogP contribution in [0.4, 0.5) is 0 Å². The Morgan fingerprint density at radius 3 is 0.735 bits per heavy atom. The highest BCUT2D eigenvalue weighted by molar-refractivity contribution is 4.64. The lowest BCUT2D eigenvalue weighted by molar-refractivity contribution is -1.08. The first-order valence-electron chi connectivity index (χ1n) is 15.2. The molecule has 0 aliphatic carbocycles. The molecule has 34 heavy (non-hydrogen) atoms. The molecule has 6 nitrogen and oxygen atoms in total. The zero-order valence-electron chi connectivity index (χ0n) is 22.5. The van der Waals surface area contributed by atoms with Crippen LogP contribution in [0.25, 0.3) is 0 Å². The lowest BCUT2D eigenvalue weighted by atomic mass is 10.0. The van der Waals surface area contributed by atoms with Gasteiger partial charge in [-0.2, -0.15) is 0 Å². The van der Waals surface area contributed by atoms with Gasteiger partial charge in [-0.15, -0.1) is 0 Å². The van der Waals surface area contributed by atoms with Gasteiger partial charge in [0.1, 0.15) is 91.6 Å². The van der Waals surface area contributed by atoms with Gasteiger partial charge in [0.2, 0.25) is 0 Å². The van der Waals surface area contributed by atoms with E-state index < -0.39 is 0 Å². The molecule has 2 N–H and O–H groups in total. The second-order valence-electron chi connectivity index (χ2n) is 12.9. The molecule has 6 rings (SSSR count). The molecule has 6 heteroatoms. The molecule has 0 spiro atoms. The number of aliphatic hydroxyl groups is 2. The fourth-order valence-corrected chi connectivity index (χ4v) is 7.96. The van der Waals surface area contributed by atoms with Crippen LogP contribution in [0.3, 0.4) is 0 Å². The Morgan fingerprint density at radius 1 is 0.294 bits per heavy atom. The predicted molar refractivity (Wildman–Crippen MR) is 139 cm³/mol. The van der Waals surface area contributed by atoms with Crippen molar-refractivity contribution in [3.8, 4) is 0 Å². The van der Waals surface area contributed by atoms with Crippen molar-refractivity contribution in [2.45, 2.75) is 64.2 Å². The summed E-state index contributed by atoms with van der Waals surface area (Å²) in [5.41, 5.74) is 0. The van der Waals surface area contributed by atoms with Crippen LogP contribution in [0.1, 0.15) is 64.2 Å². The number of piperazine rings is 6. The molecule has 0 amide bonds. The van der Waals surface area contributed by atoms with Crippen molar-refractivity contribution in [2.75, 3.05) is 118 Å². The highest BCUT2D eigenvalue weighted by Crippen LogP contribution is 2.28. The maximum atomic E-state index is 9.37. The molecule has 6 heterocycles. The largest absolute Gasteiger partial charge is 0.391 e. The van der Waals surface area contributed by atoms with E-state index in [0.717, 1.165) is 13.1 Å². The Morgan fingerprint density at radius 2 is 0.500 bits per heavy atom. The summed E-state index contributed by atoms with van der Waals surface area (Å²) in [6.45, 7) is 21.6. The fourth-order valence-electron chi connectivity index (χ4n) is 7.96. The molecule has 6 saturated heterocycles. The normalized spacial score (nSPS) is 36.9. The van der Waals surface area contributed by atoms with Gasteiger partial charge in [-0.1, -0.05) is 38.5 Å². The Bertz CT molecular complexity index is 512. The van der Waals surface area contributed by atoms with Crippen LogP contribution in [0.5, 0.6) is 0 Å². The van der Waals surface area contributed by atoms with E-state index >= 15 is 0 Å². The van der Waals surface area contributed by atoms with E-state index in [9.17, 15) is 10.2 Å². The molecule has 0 atom stereocenters. The molecule has 6 fully saturated rings. The van der Waals surface area contributed by atoms with Gasteiger partial charge in [0, 0.05) is 0 Å². The van der Waals surface area contributed by atoms with Crippen LogP contribution in [0, 0.1) is 0 Å². The number of rotatable bonds is 17. The summed E-state index contributed by atoms with van der Waals surface area (Å²) in [5, 5.41) is 18.7. The maximum absolute atomic E-state index is 9.37. The van der Waals surface area contributed by atoms with Crippen molar-refractivity contribution < 1.29 is 28.1 Å². The van der Waals surface area contributed by atoms with Gasteiger partial charge in [0.25, 0.3) is 0 Å². The number of hydrogen-bond donors (Lipinski definition) is 2. The van der Waals surface area contributed by atoms with Crippen molar-refractivity contribution in [3.05, 3.63) is 0 Å². The van der Waals surface area contributed by atoms with Crippen LogP contribution < -0.4 is 0 Å². The highest BCUT2D eigenvalue weighted by Gasteiger charge is 2.49. The van der Waals surface area contributed by atoms with E-state index in [-0.39, 0.29) is 0 Å². The van der Waals surface area contributed by atoms with Crippen LogP contribution in [-0.2, 0) is 0 Å². The monoisotopic (exact) mass is 482 g/mol. The third-order valence-corrected chi connectivity index (χ3v) is 11.0. The van der Waals surface area contributed by atoms with Gasteiger partial charge in [0.15, 0.2) is 0 Å². The zero-order chi connectivity index (χ0) is 23.8. The minimum absolute atomic E-state index is 0.368. The Kier molecular flexibility index (Phi) is 9.73. The van der Waals surface area contributed by atoms with Gasteiger partial charge >= 0.3 is 0 Å². The third-order valence-electron chi connectivity index (χ3n) is 11.0. The number of aliphatic hydroxyl groups excluding tert-OH is 2. The first-order valence-corrected chi connectivity index (χ1v) is 15.2. The number of nitrogens with zero attached hydrogens (tertiary/aromatic N) is 4. The summed E-state index contributed by atoms with van der Waals surface area (Å²) in [4.78, 5) is 0. The molecule has 0 aromatic rings. The average Bonchev–Trinajstić information content (AvgIpc) is 2.87. The first-order chi connectivity index (χ1) is 16.6. The Hall–Kier alpha value is -0.240.